The average molecular weight is 256 g/mol. The molecule has 98 valence electrons. The van der Waals surface area contributed by atoms with Gasteiger partial charge in [-0.3, -0.25) is 0 Å². The summed E-state index contributed by atoms with van der Waals surface area (Å²) in [5, 5.41) is 4.73. The van der Waals surface area contributed by atoms with E-state index >= 15 is 0 Å². The summed E-state index contributed by atoms with van der Waals surface area (Å²) in [6.45, 7) is 5.29. The van der Waals surface area contributed by atoms with Gasteiger partial charge in [0.1, 0.15) is 6.61 Å². The van der Waals surface area contributed by atoms with Gasteiger partial charge >= 0.3 is 0 Å². The van der Waals surface area contributed by atoms with Crippen LogP contribution in [0.2, 0.25) is 0 Å². The van der Waals surface area contributed by atoms with Crippen molar-refractivity contribution in [1.82, 2.24) is 9.78 Å². The molecule has 3 heterocycles. The first-order valence-electron chi connectivity index (χ1n) is 6.61. The van der Waals surface area contributed by atoms with Crippen LogP contribution in [0, 0.1) is 12.3 Å². The third kappa shape index (κ3) is 1.60. The minimum atomic E-state index is 0.152. The molecule has 2 aliphatic rings. The molecule has 2 aliphatic heterocycles. The van der Waals surface area contributed by atoms with Crippen LogP contribution in [0.3, 0.4) is 0 Å². The Kier molecular flexibility index (Phi) is 2.23. The molecule has 2 aromatic rings. The van der Waals surface area contributed by atoms with E-state index in [1.807, 2.05) is 22.9 Å². The predicted molar refractivity (Wildman–Crippen MR) is 71.1 cm³/mol. The Morgan fingerprint density at radius 1 is 1.16 bits per heavy atom. The minimum Gasteiger partial charge on any atom is -0.477 e. The van der Waals surface area contributed by atoms with Gasteiger partial charge in [-0.15, -0.1) is 0 Å². The summed E-state index contributed by atoms with van der Waals surface area (Å²) in [6, 6.07) is 10.3. The quantitative estimate of drug-likeness (QED) is 0.785. The fourth-order valence-corrected chi connectivity index (χ4v) is 2.85. The first-order chi connectivity index (χ1) is 9.27. The van der Waals surface area contributed by atoms with Gasteiger partial charge < -0.3 is 9.47 Å². The van der Waals surface area contributed by atoms with Crippen LogP contribution in [0.25, 0.3) is 11.3 Å². The summed E-state index contributed by atoms with van der Waals surface area (Å²) in [4.78, 5) is 0. The van der Waals surface area contributed by atoms with E-state index in [0.717, 1.165) is 49.1 Å². The fourth-order valence-electron chi connectivity index (χ4n) is 2.85. The van der Waals surface area contributed by atoms with E-state index in [1.54, 1.807) is 0 Å². The van der Waals surface area contributed by atoms with E-state index in [9.17, 15) is 0 Å². The monoisotopic (exact) mass is 256 g/mol. The molecule has 0 N–H and O–H groups in total. The zero-order chi connectivity index (χ0) is 12.9. The van der Waals surface area contributed by atoms with Crippen LogP contribution >= 0.6 is 0 Å². The smallest absolute Gasteiger partial charge is 0.215 e. The second-order valence-corrected chi connectivity index (χ2v) is 5.58. The first kappa shape index (κ1) is 11.1. The number of nitrogens with zero attached hydrogens (tertiary/aromatic N) is 2. The normalized spacial score (nSPS) is 19.6. The number of hydrogen-bond donors (Lipinski definition) is 0. The summed E-state index contributed by atoms with van der Waals surface area (Å²) in [5.74, 6) is 0.913. The van der Waals surface area contributed by atoms with Crippen LogP contribution in [-0.4, -0.2) is 29.6 Å². The van der Waals surface area contributed by atoms with Gasteiger partial charge in [0.25, 0.3) is 0 Å². The van der Waals surface area contributed by atoms with Crippen molar-refractivity contribution in [3.63, 3.8) is 0 Å². The number of benzene rings is 1. The molecule has 1 spiro atoms. The van der Waals surface area contributed by atoms with Gasteiger partial charge in [-0.05, 0) is 6.92 Å². The Bertz CT molecular complexity index is 615. The largest absolute Gasteiger partial charge is 0.477 e. The maximum absolute atomic E-state index is 5.93. The highest BCUT2D eigenvalue weighted by molar-refractivity contribution is 5.65. The van der Waals surface area contributed by atoms with Gasteiger partial charge in [0.2, 0.25) is 5.88 Å². The Balaban J connectivity index is 1.76. The molecule has 0 amide bonds. The third-order valence-electron chi connectivity index (χ3n) is 4.00. The highest BCUT2D eigenvalue weighted by Gasteiger charge is 2.44. The van der Waals surface area contributed by atoms with E-state index < -0.39 is 0 Å². The van der Waals surface area contributed by atoms with E-state index in [2.05, 4.69) is 19.1 Å². The maximum Gasteiger partial charge on any atom is 0.215 e. The zero-order valence-electron chi connectivity index (χ0n) is 10.9. The number of aromatic nitrogens is 2. The van der Waals surface area contributed by atoms with Crippen molar-refractivity contribution in [1.29, 1.82) is 0 Å². The van der Waals surface area contributed by atoms with Crippen molar-refractivity contribution in [3.8, 4) is 17.1 Å². The van der Waals surface area contributed by atoms with Crippen molar-refractivity contribution < 1.29 is 9.47 Å². The summed E-state index contributed by atoms with van der Waals surface area (Å²) < 4.78 is 13.3. The Morgan fingerprint density at radius 2 is 1.95 bits per heavy atom. The van der Waals surface area contributed by atoms with Gasteiger partial charge in [-0.2, -0.15) is 5.10 Å². The molecule has 1 fully saturated rings. The van der Waals surface area contributed by atoms with Gasteiger partial charge in [0.15, 0.2) is 0 Å². The van der Waals surface area contributed by atoms with Crippen LogP contribution in [-0.2, 0) is 11.3 Å². The van der Waals surface area contributed by atoms with Crippen LogP contribution in [0.15, 0.2) is 30.3 Å². The number of ether oxygens (including phenoxy) is 2. The highest BCUT2D eigenvalue weighted by Crippen LogP contribution is 2.39. The van der Waals surface area contributed by atoms with Crippen LogP contribution < -0.4 is 4.74 Å². The van der Waals surface area contributed by atoms with Crippen molar-refractivity contribution >= 4 is 0 Å². The second-order valence-electron chi connectivity index (χ2n) is 5.58. The van der Waals surface area contributed by atoms with Gasteiger partial charge in [-0.25, -0.2) is 4.68 Å². The van der Waals surface area contributed by atoms with Gasteiger partial charge in [0.05, 0.1) is 30.9 Å². The fraction of sp³-hybridized carbons (Fsp3) is 0.400. The lowest BCUT2D eigenvalue weighted by atomic mass is 9.86. The molecule has 0 saturated carbocycles. The van der Waals surface area contributed by atoms with Gasteiger partial charge in [0, 0.05) is 11.1 Å². The Hall–Kier alpha value is -1.81. The predicted octanol–water partition coefficient (Wildman–Crippen LogP) is 2.27. The molecule has 1 saturated heterocycles. The van der Waals surface area contributed by atoms with Crippen molar-refractivity contribution in [3.05, 3.63) is 35.9 Å². The van der Waals surface area contributed by atoms with E-state index in [0.29, 0.717) is 0 Å². The summed E-state index contributed by atoms with van der Waals surface area (Å²) in [5.41, 5.74) is 3.44. The van der Waals surface area contributed by atoms with E-state index in [4.69, 9.17) is 14.6 Å². The molecule has 0 bridgehead atoms. The second kappa shape index (κ2) is 3.84. The maximum atomic E-state index is 5.93. The number of hydrogen-bond acceptors (Lipinski definition) is 3. The molecule has 0 radical (unpaired) electrons. The number of fused-ring (bicyclic) bond motifs is 1. The van der Waals surface area contributed by atoms with Crippen LogP contribution in [0.4, 0.5) is 0 Å². The summed E-state index contributed by atoms with van der Waals surface area (Å²) in [6.07, 6.45) is 0. The SMILES string of the molecule is Cc1c(-c2ccccc2)nn2c1OCC1(COC1)C2. The zero-order valence-corrected chi connectivity index (χ0v) is 10.9. The molecule has 0 atom stereocenters. The summed E-state index contributed by atoms with van der Waals surface area (Å²) in [7, 11) is 0. The minimum absolute atomic E-state index is 0.152. The lowest BCUT2D eigenvalue weighted by Gasteiger charge is -2.43. The van der Waals surface area contributed by atoms with E-state index in [-0.39, 0.29) is 5.41 Å². The average Bonchev–Trinajstić information content (AvgIpc) is 2.75. The van der Waals surface area contributed by atoms with Crippen molar-refractivity contribution in [2.24, 2.45) is 5.41 Å². The lowest BCUT2D eigenvalue weighted by molar-refractivity contribution is -0.154. The number of rotatable bonds is 1. The first-order valence-corrected chi connectivity index (χ1v) is 6.61. The Morgan fingerprint density at radius 3 is 2.63 bits per heavy atom. The third-order valence-corrected chi connectivity index (χ3v) is 4.00. The lowest BCUT2D eigenvalue weighted by Crippen LogP contribution is -2.52. The van der Waals surface area contributed by atoms with Crippen LogP contribution in [0.1, 0.15) is 5.56 Å². The summed E-state index contributed by atoms with van der Waals surface area (Å²) >= 11 is 0. The molecular weight excluding hydrogens is 240 g/mol. The molecule has 4 heteroatoms. The molecule has 1 aromatic carbocycles. The van der Waals surface area contributed by atoms with Crippen molar-refractivity contribution in [2.75, 3.05) is 19.8 Å². The highest BCUT2D eigenvalue weighted by atomic mass is 16.5. The molecule has 1 aromatic heterocycles. The standard InChI is InChI=1S/C15H16N2O2/c1-11-13(12-5-3-2-4-6-12)16-17-7-15(8-18-9-15)10-19-14(11)17/h2-6H,7-10H2,1H3. The Labute approximate surface area is 112 Å². The molecule has 19 heavy (non-hydrogen) atoms. The molecule has 4 rings (SSSR count). The van der Waals surface area contributed by atoms with Gasteiger partial charge in [-0.1, -0.05) is 30.3 Å². The molecule has 0 unspecified atom stereocenters. The van der Waals surface area contributed by atoms with Crippen molar-refractivity contribution in [2.45, 2.75) is 13.5 Å². The van der Waals surface area contributed by atoms with E-state index in [1.165, 1.54) is 0 Å². The molecule has 0 aliphatic carbocycles. The van der Waals surface area contributed by atoms with Crippen LogP contribution in [0.5, 0.6) is 5.88 Å². The topological polar surface area (TPSA) is 36.3 Å². The molecule has 4 nitrogen and oxygen atoms in total. The molecular formula is C15H16N2O2.